The Bertz CT molecular complexity index is 476. The number of fused-ring (bicyclic) bond motifs is 1. The Hall–Kier alpha value is -0.510. The summed E-state index contributed by atoms with van der Waals surface area (Å²) in [6.07, 6.45) is 1.20. The molecule has 1 aromatic carbocycles. The van der Waals surface area contributed by atoms with E-state index in [0.717, 1.165) is 6.54 Å². The van der Waals surface area contributed by atoms with Crippen molar-refractivity contribution < 1.29 is 0 Å². The summed E-state index contributed by atoms with van der Waals surface area (Å²) >= 11 is 2.03. The molecule has 110 valence electrons. The number of hydrogen-bond acceptors (Lipinski definition) is 3. The Balaban J connectivity index is 1.71. The third kappa shape index (κ3) is 2.76. The third-order valence-electron chi connectivity index (χ3n) is 5.03. The average Bonchev–Trinajstić information content (AvgIpc) is 2.87. The van der Waals surface area contributed by atoms with Gasteiger partial charge in [-0.15, -0.1) is 11.8 Å². The van der Waals surface area contributed by atoms with E-state index in [0.29, 0.717) is 12.0 Å². The summed E-state index contributed by atoms with van der Waals surface area (Å²) in [5.74, 6) is 1.96. The highest BCUT2D eigenvalue weighted by molar-refractivity contribution is 7.99. The fourth-order valence-electron chi connectivity index (χ4n) is 3.33. The maximum Gasteiger partial charge on any atom is 0.0278 e. The fourth-order valence-corrected chi connectivity index (χ4v) is 4.57. The molecule has 0 bridgehead atoms. The van der Waals surface area contributed by atoms with Gasteiger partial charge >= 0.3 is 0 Å². The molecular formula is C17H26N2S. The van der Waals surface area contributed by atoms with Crippen LogP contribution in [0.1, 0.15) is 38.7 Å². The minimum Gasteiger partial charge on any atom is -0.309 e. The molecule has 2 aliphatic rings. The van der Waals surface area contributed by atoms with Gasteiger partial charge < -0.3 is 5.32 Å². The minimum absolute atomic E-state index is 0.289. The van der Waals surface area contributed by atoms with Gasteiger partial charge in [-0.05, 0) is 31.9 Å². The molecule has 20 heavy (non-hydrogen) atoms. The Morgan fingerprint density at radius 3 is 3.00 bits per heavy atom. The lowest BCUT2D eigenvalue weighted by Crippen LogP contribution is -2.62. The van der Waals surface area contributed by atoms with Gasteiger partial charge in [-0.1, -0.05) is 25.1 Å². The molecule has 1 saturated heterocycles. The van der Waals surface area contributed by atoms with Gasteiger partial charge in [0.25, 0.3) is 0 Å². The predicted octanol–water partition coefficient (Wildman–Crippen LogP) is 3.34. The van der Waals surface area contributed by atoms with Crippen LogP contribution in [0.4, 0.5) is 0 Å². The predicted molar refractivity (Wildman–Crippen MR) is 87.6 cm³/mol. The van der Waals surface area contributed by atoms with E-state index in [-0.39, 0.29) is 5.54 Å². The van der Waals surface area contributed by atoms with Gasteiger partial charge in [0.2, 0.25) is 0 Å². The first-order valence-corrected chi connectivity index (χ1v) is 8.80. The quantitative estimate of drug-likeness (QED) is 0.919. The van der Waals surface area contributed by atoms with Crippen LogP contribution in [-0.4, -0.2) is 41.9 Å². The van der Waals surface area contributed by atoms with Crippen LogP contribution in [-0.2, 0) is 0 Å². The maximum absolute atomic E-state index is 3.72. The lowest BCUT2D eigenvalue weighted by atomic mass is 9.92. The molecule has 1 fully saturated rings. The van der Waals surface area contributed by atoms with E-state index in [1.165, 1.54) is 30.2 Å². The third-order valence-corrected chi connectivity index (χ3v) is 6.29. The zero-order chi connectivity index (χ0) is 14.2. The Morgan fingerprint density at radius 1 is 1.40 bits per heavy atom. The van der Waals surface area contributed by atoms with E-state index >= 15 is 0 Å². The molecule has 3 atom stereocenters. The van der Waals surface area contributed by atoms with Gasteiger partial charge in [0, 0.05) is 47.8 Å². The molecule has 1 aromatic rings. The topological polar surface area (TPSA) is 15.3 Å². The number of piperazine rings is 1. The van der Waals surface area contributed by atoms with Crippen LogP contribution >= 0.6 is 11.8 Å². The monoisotopic (exact) mass is 290 g/mol. The molecule has 3 rings (SSSR count). The molecule has 0 aromatic heterocycles. The minimum atomic E-state index is 0.289. The standard InChI is InChI=1S/C17H26N2S/c1-4-17(3)12-19(13(2)9-18-17)10-14-11-20-16-8-6-5-7-15(14)16/h5-8,13-14,18H,4,9-12H2,1-3H3. The molecule has 0 radical (unpaired) electrons. The van der Waals surface area contributed by atoms with Crippen molar-refractivity contribution in [3.05, 3.63) is 29.8 Å². The number of nitrogens with zero attached hydrogens (tertiary/aromatic N) is 1. The maximum atomic E-state index is 3.72. The van der Waals surface area contributed by atoms with Crippen LogP contribution in [0.25, 0.3) is 0 Å². The van der Waals surface area contributed by atoms with Crippen LogP contribution in [0.5, 0.6) is 0 Å². The molecule has 0 amide bonds. The smallest absolute Gasteiger partial charge is 0.0278 e. The number of rotatable bonds is 3. The van der Waals surface area contributed by atoms with Gasteiger partial charge in [-0.2, -0.15) is 0 Å². The first-order chi connectivity index (χ1) is 9.61. The fraction of sp³-hybridized carbons (Fsp3) is 0.647. The molecule has 1 N–H and O–H groups in total. The van der Waals surface area contributed by atoms with Crippen LogP contribution in [0.3, 0.4) is 0 Å². The largest absolute Gasteiger partial charge is 0.309 e. The number of hydrogen-bond donors (Lipinski definition) is 1. The molecular weight excluding hydrogens is 264 g/mol. The average molecular weight is 290 g/mol. The van der Waals surface area contributed by atoms with Gasteiger partial charge in [0.05, 0.1) is 0 Å². The van der Waals surface area contributed by atoms with E-state index in [9.17, 15) is 0 Å². The summed E-state index contributed by atoms with van der Waals surface area (Å²) < 4.78 is 0. The number of benzene rings is 1. The number of nitrogens with one attached hydrogen (secondary N) is 1. The lowest BCUT2D eigenvalue weighted by Gasteiger charge is -2.45. The second-order valence-corrected chi connectivity index (χ2v) is 7.68. The highest BCUT2D eigenvalue weighted by Crippen LogP contribution is 2.40. The van der Waals surface area contributed by atoms with Crippen molar-refractivity contribution in [1.29, 1.82) is 0 Å². The molecule has 2 aliphatic heterocycles. The first kappa shape index (κ1) is 14.4. The summed E-state index contributed by atoms with van der Waals surface area (Å²) in [7, 11) is 0. The SMILES string of the molecule is CCC1(C)CN(CC2CSc3ccccc32)C(C)CN1. The zero-order valence-corrected chi connectivity index (χ0v) is 13.7. The van der Waals surface area contributed by atoms with E-state index in [4.69, 9.17) is 0 Å². The van der Waals surface area contributed by atoms with Gasteiger partial charge in [-0.3, -0.25) is 4.90 Å². The van der Waals surface area contributed by atoms with Gasteiger partial charge in [0.15, 0.2) is 0 Å². The second kappa shape index (κ2) is 5.70. The number of thioether (sulfide) groups is 1. The zero-order valence-electron chi connectivity index (χ0n) is 12.9. The molecule has 0 aliphatic carbocycles. The second-order valence-electron chi connectivity index (χ2n) is 6.62. The molecule has 2 heterocycles. The summed E-state index contributed by atoms with van der Waals surface area (Å²) in [5, 5.41) is 3.72. The molecule has 3 unspecified atom stereocenters. The van der Waals surface area contributed by atoms with Crippen molar-refractivity contribution in [1.82, 2.24) is 10.2 Å². The van der Waals surface area contributed by atoms with Gasteiger partial charge in [-0.25, -0.2) is 0 Å². The van der Waals surface area contributed by atoms with Crippen LogP contribution < -0.4 is 5.32 Å². The molecule has 0 saturated carbocycles. The van der Waals surface area contributed by atoms with Crippen LogP contribution in [0, 0.1) is 0 Å². The lowest BCUT2D eigenvalue weighted by molar-refractivity contribution is 0.0890. The van der Waals surface area contributed by atoms with Crippen molar-refractivity contribution in [3.8, 4) is 0 Å². The van der Waals surface area contributed by atoms with Gasteiger partial charge in [0.1, 0.15) is 0 Å². The molecule has 3 heteroatoms. The highest BCUT2D eigenvalue weighted by atomic mass is 32.2. The Morgan fingerprint density at radius 2 is 2.20 bits per heavy atom. The molecule has 2 nitrogen and oxygen atoms in total. The van der Waals surface area contributed by atoms with Crippen molar-refractivity contribution in [2.45, 2.75) is 49.6 Å². The van der Waals surface area contributed by atoms with Crippen molar-refractivity contribution >= 4 is 11.8 Å². The van der Waals surface area contributed by atoms with Crippen molar-refractivity contribution in [3.63, 3.8) is 0 Å². The highest BCUT2D eigenvalue weighted by Gasteiger charge is 2.35. The Kier molecular flexibility index (Phi) is 4.11. The summed E-state index contributed by atoms with van der Waals surface area (Å²) in [6.45, 7) is 10.5. The molecule has 0 spiro atoms. The van der Waals surface area contributed by atoms with Crippen LogP contribution in [0.2, 0.25) is 0 Å². The van der Waals surface area contributed by atoms with E-state index < -0.39 is 0 Å². The van der Waals surface area contributed by atoms with E-state index in [1.807, 2.05) is 11.8 Å². The van der Waals surface area contributed by atoms with E-state index in [1.54, 1.807) is 5.56 Å². The van der Waals surface area contributed by atoms with Crippen molar-refractivity contribution in [2.24, 2.45) is 0 Å². The Labute approximate surface area is 127 Å². The van der Waals surface area contributed by atoms with E-state index in [2.05, 4.69) is 55.3 Å². The first-order valence-electron chi connectivity index (χ1n) is 7.82. The normalized spacial score (nSPS) is 34.1. The summed E-state index contributed by atoms with van der Waals surface area (Å²) in [4.78, 5) is 4.20. The summed E-state index contributed by atoms with van der Waals surface area (Å²) in [5.41, 5.74) is 1.86. The van der Waals surface area contributed by atoms with Crippen LogP contribution in [0.15, 0.2) is 29.2 Å². The van der Waals surface area contributed by atoms with Crippen molar-refractivity contribution in [2.75, 3.05) is 25.4 Å². The summed E-state index contributed by atoms with van der Waals surface area (Å²) in [6, 6.07) is 9.60.